The van der Waals surface area contributed by atoms with E-state index in [4.69, 9.17) is 4.74 Å². The van der Waals surface area contributed by atoms with Crippen LogP contribution in [0.2, 0.25) is 0 Å². The summed E-state index contributed by atoms with van der Waals surface area (Å²) in [6.07, 6.45) is 0. The molecule has 2 aromatic rings. The monoisotopic (exact) mass is 269 g/mol. The lowest BCUT2D eigenvalue weighted by atomic mass is 10.1. The van der Waals surface area contributed by atoms with E-state index in [1.807, 2.05) is 61.6 Å². The number of methoxy groups -OCH3 is 1. The number of hydrogen-bond donors (Lipinski definition) is 0. The first-order chi connectivity index (χ1) is 9.70. The van der Waals surface area contributed by atoms with Gasteiger partial charge in [0.2, 0.25) is 0 Å². The number of carbonyl (C=O) groups excluding carboxylic acids is 1. The topological polar surface area (TPSA) is 29.5 Å². The van der Waals surface area contributed by atoms with Crippen molar-refractivity contribution in [1.82, 2.24) is 4.90 Å². The molecule has 0 fully saturated rings. The summed E-state index contributed by atoms with van der Waals surface area (Å²) in [4.78, 5) is 14.0. The van der Waals surface area contributed by atoms with Gasteiger partial charge < -0.3 is 9.64 Å². The van der Waals surface area contributed by atoms with Crippen molar-refractivity contribution in [3.63, 3.8) is 0 Å². The maximum atomic E-state index is 12.3. The van der Waals surface area contributed by atoms with Crippen molar-refractivity contribution < 1.29 is 9.53 Å². The van der Waals surface area contributed by atoms with Gasteiger partial charge in [-0.2, -0.15) is 0 Å². The molecule has 3 heteroatoms. The molecule has 0 bridgehead atoms. The highest BCUT2D eigenvalue weighted by Gasteiger charge is 2.11. The van der Waals surface area contributed by atoms with Crippen molar-refractivity contribution in [2.75, 3.05) is 14.2 Å². The molecule has 0 heterocycles. The number of amides is 1. The molecule has 0 aliphatic heterocycles. The zero-order valence-corrected chi connectivity index (χ0v) is 11.9. The Bertz CT molecular complexity index is 549. The van der Waals surface area contributed by atoms with E-state index in [0.29, 0.717) is 18.7 Å². The van der Waals surface area contributed by atoms with Crippen molar-refractivity contribution in [1.29, 1.82) is 0 Å². The number of benzene rings is 2. The minimum absolute atomic E-state index is 0.0258. The van der Waals surface area contributed by atoms with E-state index in [-0.39, 0.29) is 5.91 Å². The summed E-state index contributed by atoms with van der Waals surface area (Å²) >= 11 is 0. The highest BCUT2D eigenvalue weighted by Crippen LogP contribution is 2.10. The SMILES string of the molecule is COCc1ccc(C(=O)N(C)Cc2ccccc2)cc1. The van der Waals surface area contributed by atoms with E-state index >= 15 is 0 Å². The second-order valence-electron chi connectivity index (χ2n) is 4.78. The van der Waals surface area contributed by atoms with Crippen LogP contribution in [0.3, 0.4) is 0 Å². The molecule has 2 rings (SSSR count). The summed E-state index contributed by atoms with van der Waals surface area (Å²) < 4.78 is 5.06. The molecule has 0 N–H and O–H groups in total. The van der Waals surface area contributed by atoms with Crippen molar-refractivity contribution in [2.45, 2.75) is 13.2 Å². The summed E-state index contributed by atoms with van der Waals surface area (Å²) in [5, 5.41) is 0. The van der Waals surface area contributed by atoms with E-state index in [1.165, 1.54) is 0 Å². The number of rotatable bonds is 5. The fourth-order valence-corrected chi connectivity index (χ4v) is 2.06. The van der Waals surface area contributed by atoms with Gasteiger partial charge in [0.1, 0.15) is 0 Å². The van der Waals surface area contributed by atoms with Crippen LogP contribution in [0.15, 0.2) is 54.6 Å². The Morgan fingerprint density at radius 2 is 1.65 bits per heavy atom. The highest BCUT2D eigenvalue weighted by molar-refractivity contribution is 5.94. The predicted molar refractivity (Wildman–Crippen MR) is 79.4 cm³/mol. The van der Waals surface area contributed by atoms with Crippen LogP contribution in [0.25, 0.3) is 0 Å². The van der Waals surface area contributed by atoms with Crippen LogP contribution in [0.4, 0.5) is 0 Å². The molecule has 0 aliphatic rings. The van der Waals surface area contributed by atoms with Crippen molar-refractivity contribution in [3.8, 4) is 0 Å². The van der Waals surface area contributed by atoms with Crippen LogP contribution in [0.1, 0.15) is 21.5 Å². The molecule has 3 nitrogen and oxygen atoms in total. The Balaban J connectivity index is 2.03. The maximum Gasteiger partial charge on any atom is 0.253 e. The van der Waals surface area contributed by atoms with Crippen LogP contribution in [0, 0.1) is 0 Å². The summed E-state index contributed by atoms with van der Waals surface area (Å²) in [6.45, 7) is 1.17. The standard InChI is InChI=1S/C17H19NO2/c1-18(12-14-6-4-3-5-7-14)17(19)16-10-8-15(9-11-16)13-20-2/h3-11H,12-13H2,1-2H3. The van der Waals surface area contributed by atoms with Gasteiger partial charge >= 0.3 is 0 Å². The van der Waals surface area contributed by atoms with Crippen LogP contribution in [0.5, 0.6) is 0 Å². The van der Waals surface area contributed by atoms with Crippen molar-refractivity contribution in [3.05, 3.63) is 71.3 Å². The van der Waals surface area contributed by atoms with E-state index < -0.39 is 0 Å². The Labute approximate surface area is 119 Å². The first kappa shape index (κ1) is 14.3. The molecule has 2 aromatic carbocycles. The smallest absolute Gasteiger partial charge is 0.253 e. The fourth-order valence-electron chi connectivity index (χ4n) is 2.06. The molecule has 0 saturated carbocycles. The summed E-state index contributed by atoms with van der Waals surface area (Å²) in [5.74, 6) is 0.0258. The Morgan fingerprint density at radius 3 is 2.25 bits per heavy atom. The zero-order chi connectivity index (χ0) is 14.4. The minimum Gasteiger partial charge on any atom is -0.380 e. The molecule has 104 valence electrons. The number of hydrogen-bond acceptors (Lipinski definition) is 2. The van der Waals surface area contributed by atoms with Crippen molar-refractivity contribution in [2.24, 2.45) is 0 Å². The largest absolute Gasteiger partial charge is 0.380 e. The molecule has 0 unspecified atom stereocenters. The van der Waals surface area contributed by atoms with Crippen LogP contribution >= 0.6 is 0 Å². The van der Waals surface area contributed by atoms with Gasteiger partial charge in [-0.3, -0.25) is 4.79 Å². The van der Waals surface area contributed by atoms with Crippen molar-refractivity contribution >= 4 is 5.91 Å². The molecule has 0 aromatic heterocycles. The molecule has 0 radical (unpaired) electrons. The van der Waals surface area contributed by atoms with Gasteiger partial charge in [-0.15, -0.1) is 0 Å². The van der Waals surface area contributed by atoms with E-state index in [0.717, 1.165) is 11.1 Å². The predicted octanol–water partition coefficient (Wildman–Crippen LogP) is 3.11. The molecule has 0 spiro atoms. The van der Waals surface area contributed by atoms with Gasteiger partial charge in [-0.25, -0.2) is 0 Å². The zero-order valence-electron chi connectivity index (χ0n) is 11.9. The van der Waals surface area contributed by atoms with E-state index in [9.17, 15) is 4.79 Å². The fraction of sp³-hybridized carbons (Fsp3) is 0.235. The summed E-state index contributed by atoms with van der Waals surface area (Å²) in [7, 11) is 3.48. The molecule has 20 heavy (non-hydrogen) atoms. The second kappa shape index (κ2) is 6.87. The van der Waals surface area contributed by atoms with Gasteiger partial charge in [0.15, 0.2) is 0 Å². The normalized spacial score (nSPS) is 10.3. The van der Waals surface area contributed by atoms with Gasteiger partial charge in [0.25, 0.3) is 5.91 Å². The summed E-state index contributed by atoms with van der Waals surface area (Å²) in [6, 6.07) is 17.5. The molecule has 0 aliphatic carbocycles. The van der Waals surface area contributed by atoms with Gasteiger partial charge in [-0.1, -0.05) is 42.5 Å². The highest BCUT2D eigenvalue weighted by atomic mass is 16.5. The molecule has 0 atom stereocenters. The molecule has 1 amide bonds. The van der Waals surface area contributed by atoms with E-state index in [2.05, 4.69) is 0 Å². The second-order valence-corrected chi connectivity index (χ2v) is 4.78. The first-order valence-electron chi connectivity index (χ1n) is 6.58. The van der Waals surface area contributed by atoms with Gasteiger partial charge in [0.05, 0.1) is 6.61 Å². The maximum absolute atomic E-state index is 12.3. The first-order valence-corrected chi connectivity index (χ1v) is 6.58. The number of ether oxygens (including phenoxy) is 1. The lowest BCUT2D eigenvalue weighted by molar-refractivity contribution is 0.0785. The lowest BCUT2D eigenvalue weighted by Gasteiger charge is -2.17. The molecular weight excluding hydrogens is 250 g/mol. The van der Waals surface area contributed by atoms with Crippen LogP contribution < -0.4 is 0 Å². The molecule has 0 saturated heterocycles. The number of carbonyl (C=O) groups is 1. The molecular formula is C17H19NO2. The quantitative estimate of drug-likeness (QED) is 0.834. The Hall–Kier alpha value is -2.13. The lowest BCUT2D eigenvalue weighted by Crippen LogP contribution is -2.26. The average molecular weight is 269 g/mol. The van der Waals surface area contributed by atoms with Gasteiger partial charge in [-0.05, 0) is 23.3 Å². The van der Waals surface area contributed by atoms with E-state index in [1.54, 1.807) is 12.0 Å². The van der Waals surface area contributed by atoms with Crippen LogP contribution in [-0.4, -0.2) is 25.0 Å². The Morgan fingerprint density at radius 1 is 1.00 bits per heavy atom. The third-order valence-corrected chi connectivity index (χ3v) is 3.12. The minimum atomic E-state index is 0.0258. The van der Waals surface area contributed by atoms with Crippen LogP contribution in [-0.2, 0) is 17.9 Å². The third kappa shape index (κ3) is 3.68. The Kier molecular flexibility index (Phi) is 4.91. The third-order valence-electron chi connectivity index (χ3n) is 3.12. The summed E-state index contributed by atoms with van der Waals surface area (Å²) in [5.41, 5.74) is 2.89. The average Bonchev–Trinajstić information content (AvgIpc) is 2.48. The number of nitrogens with zero attached hydrogens (tertiary/aromatic N) is 1. The van der Waals surface area contributed by atoms with Gasteiger partial charge in [0, 0.05) is 26.3 Å².